The summed E-state index contributed by atoms with van der Waals surface area (Å²) in [6.07, 6.45) is 0.792. The smallest absolute Gasteiger partial charge is 0.130 e. The Balaban J connectivity index is 2.39. The molecule has 19 heavy (non-hydrogen) atoms. The zero-order chi connectivity index (χ0) is 14.0. The van der Waals surface area contributed by atoms with Crippen molar-refractivity contribution in [2.24, 2.45) is 0 Å². The number of H-pyrrole nitrogens is 1. The number of nitrogens with zero attached hydrogens (tertiary/aromatic N) is 1. The van der Waals surface area contributed by atoms with Gasteiger partial charge in [-0.3, -0.25) is 0 Å². The summed E-state index contributed by atoms with van der Waals surface area (Å²) in [5.41, 5.74) is 3.75. The standard InChI is InChI=1S/C16H20N2S/c1-11-7-5-6-8-12(11)9-14-17-13(16(2,3)4)10-15(19)18-14/h5-8,10H,9H2,1-4H3,(H,17,18,19). The van der Waals surface area contributed by atoms with E-state index in [0.717, 1.165) is 17.9 Å². The summed E-state index contributed by atoms with van der Waals surface area (Å²) in [6.45, 7) is 8.64. The first kappa shape index (κ1) is 13.9. The summed E-state index contributed by atoms with van der Waals surface area (Å²) in [5.74, 6) is 0.937. The minimum atomic E-state index is 0.0526. The Bertz CT molecular complexity index is 636. The average Bonchev–Trinajstić information content (AvgIpc) is 2.30. The van der Waals surface area contributed by atoms with Crippen LogP contribution < -0.4 is 0 Å². The van der Waals surface area contributed by atoms with Crippen LogP contribution in [0, 0.1) is 11.6 Å². The second-order valence-electron chi connectivity index (χ2n) is 5.93. The van der Waals surface area contributed by atoms with Crippen molar-refractivity contribution in [3.63, 3.8) is 0 Å². The van der Waals surface area contributed by atoms with Gasteiger partial charge in [0, 0.05) is 17.5 Å². The third kappa shape index (κ3) is 3.51. The van der Waals surface area contributed by atoms with Gasteiger partial charge in [0.25, 0.3) is 0 Å². The van der Waals surface area contributed by atoms with E-state index in [1.54, 1.807) is 0 Å². The molecular weight excluding hydrogens is 252 g/mol. The van der Waals surface area contributed by atoms with Gasteiger partial charge in [0.05, 0.1) is 0 Å². The normalized spacial score (nSPS) is 11.6. The van der Waals surface area contributed by atoms with Gasteiger partial charge in [0.2, 0.25) is 0 Å². The highest BCUT2D eigenvalue weighted by Gasteiger charge is 2.15. The van der Waals surface area contributed by atoms with E-state index in [1.165, 1.54) is 11.1 Å². The van der Waals surface area contributed by atoms with Gasteiger partial charge < -0.3 is 4.98 Å². The van der Waals surface area contributed by atoms with Crippen LogP contribution in [0.5, 0.6) is 0 Å². The number of aromatic nitrogens is 2. The highest BCUT2D eigenvalue weighted by atomic mass is 32.1. The summed E-state index contributed by atoms with van der Waals surface area (Å²) in [7, 11) is 0. The van der Waals surface area contributed by atoms with Gasteiger partial charge in [-0.05, 0) is 24.1 Å². The molecule has 1 aromatic carbocycles. The first-order valence-corrected chi connectivity index (χ1v) is 6.92. The quantitative estimate of drug-likeness (QED) is 0.824. The molecule has 0 aliphatic rings. The van der Waals surface area contributed by atoms with Gasteiger partial charge in [-0.2, -0.15) is 0 Å². The predicted molar refractivity (Wildman–Crippen MR) is 82.1 cm³/mol. The van der Waals surface area contributed by atoms with Crippen LogP contribution in [0.4, 0.5) is 0 Å². The Kier molecular flexibility index (Phi) is 3.85. The predicted octanol–water partition coefficient (Wildman–Crippen LogP) is 4.34. The van der Waals surface area contributed by atoms with Gasteiger partial charge >= 0.3 is 0 Å². The van der Waals surface area contributed by atoms with Crippen LogP contribution in [0.1, 0.15) is 43.4 Å². The number of rotatable bonds is 2. The molecule has 3 heteroatoms. The molecule has 0 amide bonds. The summed E-state index contributed by atoms with van der Waals surface area (Å²) in [5, 5.41) is 0. The fourth-order valence-corrected chi connectivity index (χ4v) is 2.21. The number of nitrogens with one attached hydrogen (secondary N) is 1. The van der Waals surface area contributed by atoms with Crippen LogP contribution >= 0.6 is 12.2 Å². The van der Waals surface area contributed by atoms with E-state index in [2.05, 4.69) is 61.9 Å². The van der Waals surface area contributed by atoms with Gasteiger partial charge in [-0.15, -0.1) is 0 Å². The molecule has 100 valence electrons. The fourth-order valence-electron chi connectivity index (χ4n) is 1.98. The maximum atomic E-state index is 5.27. The van der Waals surface area contributed by atoms with Crippen LogP contribution in [0.2, 0.25) is 0 Å². The molecule has 2 nitrogen and oxygen atoms in total. The maximum absolute atomic E-state index is 5.27. The highest BCUT2D eigenvalue weighted by Crippen LogP contribution is 2.20. The van der Waals surface area contributed by atoms with Crippen molar-refractivity contribution in [1.29, 1.82) is 0 Å². The van der Waals surface area contributed by atoms with E-state index in [1.807, 2.05) is 6.07 Å². The highest BCUT2D eigenvalue weighted by molar-refractivity contribution is 7.71. The van der Waals surface area contributed by atoms with Gasteiger partial charge in [0.15, 0.2) is 0 Å². The van der Waals surface area contributed by atoms with Gasteiger partial charge in [-0.1, -0.05) is 57.3 Å². The lowest BCUT2D eigenvalue weighted by molar-refractivity contribution is 0.562. The maximum Gasteiger partial charge on any atom is 0.130 e. The zero-order valence-corrected chi connectivity index (χ0v) is 12.8. The molecule has 0 atom stereocenters. The van der Waals surface area contributed by atoms with Crippen molar-refractivity contribution in [2.75, 3.05) is 0 Å². The molecule has 0 saturated heterocycles. The van der Waals surface area contributed by atoms with E-state index < -0.39 is 0 Å². The molecule has 1 aromatic heterocycles. The third-order valence-electron chi connectivity index (χ3n) is 3.22. The van der Waals surface area contributed by atoms with Gasteiger partial charge in [0.1, 0.15) is 10.5 Å². The average molecular weight is 272 g/mol. The second kappa shape index (κ2) is 5.25. The molecule has 0 unspecified atom stereocenters. The Morgan fingerprint density at radius 2 is 1.89 bits per heavy atom. The monoisotopic (exact) mass is 272 g/mol. The molecule has 1 N–H and O–H groups in total. The largest absolute Gasteiger partial charge is 0.346 e. The van der Waals surface area contributed by atoms with E-state index in [9.17, 15) is 0 Å². The molecular formula is C16H20N2S. The topological polar surface area (TPSA) is 28.7 Å². The van der Waals surface area contributed by atoms with Crippen molar-refractivity contribution in [3.8, 4) is 0 Å². The van der Waals surface area contributed by atoms with Crippen LogP contribution in [0.3, 0.4) is 0 Å². The molecule has 0 bridgehead atoms. The number of aromatic amines is 1. The lowest BCUT2D eigenvalue weighted by Gasteiger charge is -2.19. The lowest BCUT2D eigenvalue weighted by Crippen LogP contribution is -2.15. The Hall–Kier alpha value is -1.48. The summed E-state index contributed by atoms with van der Waals surface area (Å²) >= 11 is 5.27. The molecule has 0 radical (unpaired) electrons. The van der Waals surface area contributed by atoms with Crippen LogP contribution in [0.15, 0.2) is 30.3 Å². The summed E-state index contributed by atoms with van der Waals surface area (Å²) in [6, 6.07) is 10.3. The Morgan fingerprint density at radius 1 is 1.21 bits per heavy atom. The fraction of sp³-hybridized carbons (Fsp3) is 0.375. The second-order valence-corrected chi connectivity index (χ2v) is 6.35. The number of benzene rings is 1. The first-order chi connectivity index (χ1) is 8.86. The SMILES string of the molecule is Cc1ccccc1Cc1nc(=S)cc(C(C)(C)C)[nH]1. The number of hydrogen-bond acceptors (Lipinski definition) is 2. The third-order valence-corrected chi connectivity index (χ3v) is 3.43. The van der Waals surface area contributed by atoms with E-state index in [-0.39, 0.29) is 5.41 Å². The number of hydrogen-bond donors (Lipinski definition) is 1. The van der Waals surface area contributed by atoms with Crippen molar-refractivity contribution in [1.82, 2.24) is 9.97 Å². The summed E-state index contributed by atoms with van der Waals surface area (Å²) < 4.78 is 0.659. The van der Waals surface area contributed by atoms with Crippen LogP contribution in [-0.4, -0.2) is 9.97 Å². The van der Waals surface area contributed by atoms with Crippen molar-refractivity contribution >= 4 is 12.2 Å². The molecule has 2 rings (SSSR count). The van der Waals surface area contributed by atoms with Crippen LogP contribution in [-0.2, 0) is 11.8 Å². The van der Waals surface area contributed by atoms with Gasteiger partial charge in [-0.25, -0.2) is 4.98 Å². The molecule has 0 saturated carbocycles. The Labute approximate surface area is 119 Å². The molecule has 0 spiro atoms. The molecule has 0 fully saturated rings. The molecule has 0 aliphatic heterocycles. The van der Waals surface area contributed by atoms with Crippen molar-refractivity contribution in [3.05, 3.63) is 57.6 Å². The molecule has 2 aromatic rings. The zero-order valence-electron chi connectivity index (χ0n) is 11.9. The van der Waals surface area contributed by atoms with E-state index in [0.29, 0.717) is 4.64 Å². The van der Waals surface area contributed by atoms with E-state index >= 15 is 0 Å². The molecule has 1 heterocycles. The van der Waals surface area contributed by atoms with E-state index in [4.69, 9.17) is 12.2 Å². The first-order valence-electron chi connectivity index (χ1n) is 6.51. The van der Waals surface area contributed by atoms with Crippen molar-refractivity contribution < 1.29 is 0 Å². The van der Waals surface area contributed by atoms with Crippen molar-refractivity contribution in [2.45, 2.75) is 39.5 Å². The minimum absolute atomic E-state index is 0.0526. The number of aryl methyl sites for hydroxylation is 1. The Morgan fingerprint density at radius 3 is 2.53 bits per heavy atom. The molecule has 0 aliphatic carbocycles. The van der Waals surface area contributed by atoms with Crippen LogP contribution in [0.25, 0.3) is 0 Å². The minimum Gasteiger partial charge on any atom is -0.346 e. The lowest BCUT2D eigenvalue weighted by atomic mass is 9.92. The summed E-state index contributed by atoms with van der Waals surface area (Å²) in [4.78, 5) is 7.87.